The fraction of sp³-hybridized carbons (Fsp3) is 0.263. The molecule has 1 saturated heterocycles. The number of likely N-dealkylation sites (tertiary alicyclic amines) is 1. The van der Waals surface area contributed by atoms with Gasteiger partial charge in [-0.3, -0.25) is 9.59 Å². The minimum absolute atomic E-state index is 0.0307. The molecule has 0 spiro atoms. The van der Waals surface area contributed by atoms with Crippen molar-refractivity contribution in [2.45, 2.75) is 19.5 Å². The van der Waals surface area contributed by atoms with Crippen molar-refractivity contribution >= 4 is 11.8 Å². The van der Waals surface area contributed by atoms with Crippen molar-refractivity contribution in [1.29, 1.82) is 0 Å². The van der Waals surface area contributed by atoms with Gasteiger partial charge in [-0.05, 0) is 29.8 Å². The maximum Gasteiger partial charge on any atom is 0.225 e. The van der Waals surface area contributed by atoms with Gasteiger partial charge in [-0.15, -0.1) is 0 Å². The number of aromatic nitrogens is 3. The molecule has 8 heteroatoms. The second-order valence-electron chi connectivity index (χ2n) is 6.45. The number of furan rings is 1. The highest BCUT2D eigenvalue weighted by Gasteiger charge is 2.34. The first-order chi connectivity index (χ1) is 13.2. The van der Waals surface area contributed by atoms with Crippen molar-refractivity contribution in [3.05, 3.63) is 66.5 Å². The molecule has 0 saturated carbocycles. The Morgan fingerprint density at radius 2 is 2.22 bits per heavy atom. The predicted octanol–water partition coefficient (Wildman–Crippen LogP) is 1.53. The lowest BCUT2D eigenvalue weighted by atomic mass is 10.1. The van der Waals surface area contributed by atoms with Crippen molar-refractivity contribution < 1.29 is 14.0 Å². The standard InChI is InChI=1S/C19H19N5O3/c25-18-9-15(12-23(18)13-16-3-1-8-27-16)19(26)21-11-14-4-5-17(20-10-14)24-7-2-6-22-24/h1-8,10,15H,9,11-13H2,(H,21,26)/t15-/m1/s1. The number of hydrogen-bond acceptors (Lipinski definition) is 5. The van der Waals surface area contributed by atoms with Gasteiger partial charge < -0.3 is 14.6 Å². The molecule has 1 atom stereocenters. The van der Waals surface area contributed by atoms with E-state index in [-0.39, 0.29) is 24.2 Å². The second kappa shape index (κ2) is 7.45. The van der Waals surface area contributed by atoms with E-state index >= 15 is 0 Å². The van der Waals surface area contributed by atoms with Crippen LogP contribution >= 0.6 is 0 Å². The number of nitrogens with zero attached hydrogens (tertiary/aromatic N) is 4. The molecule has 3 aromatic rings. The number of carbonyl (C=O) groups is 2. The smallest absolute Gasteiger partial charge is 0.225 e. The summed E-state index contributed by atoms with van der Waals surface area (Å²) in [6.45, 7) is 1.17. The van der Waals surface area contributed by atoms with Crippen LogP contribution in [0.3, 0.4) is 0 Å². The zero-order valence-electron chi connectivity index (χ0n) is 14.6. The molecule has 0 aromatic carbocycles. The Morgan fingerprint density at radius 3 is 2.93 bits per heavy atom. The van der Waals surface area contributed by atoms with Crippen molar-refractivity contribution in [1.82, 2.24) is 25.0 Å². The molecule has 4 heterocycles. The minimum atomic E-state index is -0.344. The summed E-state index contributed by atoms with van der Waals surface area (Å²) in [6, 6.07) is 9.17. The van der Waals surface area contributed by atoms with Crippen LogP contribution in [0.4, 0.5) is 0 Å². The molecule has 4 rings (SSSR count). The summed E-state index contributed by atoms with van der Waals surface area (Å²) in [5, 5.41) is 7.02. The van der Waals surface area contributed by atoms with Gasteiger partial charge in [0, 0.05) is 38.1 Å². The topological polar surface area (TPSA) is 93.3 Å². The number of hydrogen-bond donors (Lipinski definition) is 1. The molecule has 3 aromatic heterocycles. The van der Waals surface area contributed by atoms with Crippen LogP contribution in [0.1, 0.15) is 17.7 Å². The largest absolute Gasteiger partial charge is 0.467 e. The van der Waals surface area contributed by atoms with E-state index in [0.717, 1.165) is 5.56 Å². The Morgan fingerprint density at radius 1 is 1.30 bits per heavy atom. The monoisotopic (exact) mass is 365 g/mol. The van der Waals surface area contributed by atoms with Crippen LogP contribution in [-0.2, 0) is 22.7 Å². The first kappa shape index (κ1) is 17.0. The number of pyridine rings is 1. The molecule has 27 heavy (non-hydrogen) atoms. The Hall–Kier alpha value is -3.42. The van der Waals surface area contributed by atoms with Crippen LogP contribution in [0, 0.1) is 5.92 Å². The average Bonchev–Trinajstić information content (AvgIpc) is 3.44. The van der Waals surface area contributed by atoms with Gasteiger partial charge >= 0.3 is 0 Å². The molecule has 0 unspecified atom stereocenters. The van der Waals surface area contributed by atoms with E-state index in [1.807, 2.05) is 30.5 Å². The SMILES string of the molecule is O=C(NCc1ccc(-n2cccn2)nc1)[C@@H]1CC(=O)N(Cc2ccco2)C1. The van der Waals surface area contributed by atoms with Crippen LogP contribution < -0.4 is 5.32 Å². The minimum Gasteiger partial charge on any atom is -0.467 e. The lowest BCUT2D eigenvalue weighted by Crippen LogP contribution is -2.32. The molecular weight excluding hydrogens is 346 g/mol. The first-order valence-corrected chi connectivity index (χ1v) is 8.72. The molecule has 1 aliphatic heterocycles. The van der Waals surface area contributed by atoms with Crippen molar-refractivity contribution in [3.63, 3.8) is 0 Å². The molecule has 2 amide bonds. The third kappa shape index (κ3) is 3.89. The number of amides is 2. The van der Waals surface area contributed by atoms with Crippen LogP contribution in [-0.4, -0.2) is 38.0 Å². The average molecular weight is 365 g/mol. The summed E-state index contributed by atoms with van der Waals surface area (Å²) >= 11 is 0. The van der Waals surface area contributed by atoms with Gasteiger partial charge in [0.05, 0.1) is 18.7 Å². The maximum absolute atomic E-state index is 12.4. The zero-order valence-corrected chi connectivity index (χ0v) is 14.6. The van der Waals surface area contributed by atoms with E-state index in [4.69, 9.17) is 4.42 Å². The van der Waals surface area contributed by atoms with Crippen LogP contribution in [0.5, 0.6) is 0 Å². The van der Waals surface area contributed by atoms with Gasteiger partial charge in [0.1, 0.15) is 5.76 Å². The van der Waals surface area contributed by atoms with E-state index in [1.165, 1.54) is 0 Å². The molecule has 0 bridgehead atoms. The first-order valence-electron chi connectivity index (χ1n) is 8.72. The number of carbonyl (C=O) groups excluding carboxylic acids is 2. The van der Waals surface area contributed by atoms with Crippen molar-refractivity contribution in [3.8, 4) is 5.82 Å². The van der Waals surface area contributed by atoms with Gasteiger partial charge in [0.25, 0.3) is 0 Å². The number of rotatable bonds is 6. The lowest BCUT2D eigenvalue weighted by molar-refractivity contribution is -0.129. The molecule has 0 aliphatic carbocycles. The summed E-state index contributed by atoms with van der Waals surface area (Å²) in [4.78, 5) is 30.5. The highest BCUT2D eigenvalue weighted by Crippen LogP contribution is 2.20. The van der Waals surface area contributed by atoms with Gasteiger partial charge in [-0.2, -0.15) is 5.10 Å². The Bertz CT molecular complexity index is 903. The quantitative estimate of drug-likeness (QED) is 0.715. The lowest BCUT2D eigenvalue weighted by Gasteiger charge is -2.15. The van der Waals surface area contributed by atoms with Gasteiger partial charge in [0.2, 0.25) is 11.8 Å². The summed E-state index contributed by atoms with van der Waals surface area (Å²) < 4.78 is 6.94. The molecule has 8 nitrogen and oxygen atoms in total. The number of nitrogens with one attached hydrogen (secondary N) is 1. The Labute approximate surface area is 155 Å². The summed E-state index contributed by atoms with van der Waals surface area (Å²) in [5.41, 5.74) is 0.885. The summed E-state index contributed by atoms with van der Waals surface area (Å²) in [6.07, 6.45) is 7.01. The zero-order chi connectivity index (χ0) is 18.6. The second-order valence-corrected chi connectivity index (χ2v) is 6.45. The molecular formula is C19H19N5O3. The fourth-order valence-corrected chi connectivity index (χ4v) is 3.09. The van der Waals surface area contributed by atoms with E-state index in [2.05, 4.69) is 15.4 Å². The third-order valence-corrected chi connectivity index (χ3v) is 4.53. The van der Waals surface area contributed by atoms with Crippen LogP contribution in [0.2, 0.25) is 0 Å². The normalized spacial score (nSPS) is 16.7. The van der Waals surface area contributed by atoms with Crippen molar-refractivity contribution in [2.75, 3.05) is 6.54 Å². The molecule has 138 valence electrons. The third-order valence-electron chi connectivity index (χ3n) is 4.53. The van der Waals surface area contributed by atoms with E-state index in [1.54, 1.807) is 34.3 Å². The van der Waals surface area contributed by atoms with E-state index in [0.29, 0.717) is 31.2 Å². The molecule has 1 aliphatic rings. The van der Waals surface area contributed by atoms with Crippen LogP contribution in [0.25, 0.3) is 5.82 Å². The summed E-state index contributed by atoms with van der Waals surface area (Å²) in [5.74, 6) is 0.930. The molecule has 1 N–H and O–H groups in total. The Kier molecular flexibility index (Phi) is 4.69. The molecule has 0 radical (unpaired) electrons. The van der Waals surface area contributed by atoms with Gasteiger partial charge in [-0.1, -0.05) is 6.07 Å². The predicted molar refractivity (Wildman–Crippen MR) is 95.4 cm³/mol. The van der Waals surface area contributed by atoms with Gasteiger partial charge in [0.15, 0.2) is 5.82 Å². The fourth-order valence-electron chi connectivity index (χ4n) is 3.09. The Balaban J connectivity index is 1.30. The van der Waals surface area contributed by atoms with Crippen molar-refractivity contribution in [2.24, 2.45) is 5.92 Å². The van der Waals surface area contributed by atoms with Crippen LogP contribution in [0.15, 0.2) is 59.6 Å². The van der Waals surface area contributed by atoms with E-state index in [9.17, 15) is 9.59 Å². The maximum atomic E-state index is 12.4. The van der Waals surface area contributed by atoms with E-state index < -0.39 is 0 Å². The highest BCUT2D eigenvalue weighted by atomic mass is 16.3. The van der Waals surface area contributed by atoms with Gasteiger partial charge in [-0.25, -0.2) is 9.67 Å². The molecule has 1 fully saturated rings. The highest BCUT2D eigenvalue weighted by molar-refractivity contribution is 5.89. The summed E-state index contributed by atoms with van der Waals surface area (Å²) in [7, 11) is 0.